The van der Waals surface area contributed by atoms with E-state index in [-0.39, 0.29) is 7.43 Å². The Balaban J connectivity index is -0.000000129. The first-order chi connectivity index (χ1) is 40.4. The molecule has 0 aromatic carbocycles. The molecule has 0 aromatic rings. The van der Waals surface area contributed by atoms with Gasteiger partial charge in [0, 0.05) is 135 Å². The average Bonchev–Trinajstić information content (AvgIpc) is 4.33. The molecular weight excluding hydrogens is 1050 g/mol. The molecule has 8 rings (SSSR count). The van der Waals surface area contributed by atoms with Gasteiger partial charge < -0.3 is 52.6 Å². The molecule has 0 aliphatic carbocycles. The molecule has 0 radical (unpaired) electrons. The van der Waals surface area contributed by atoms with Gasteiger partial charge in [-0.3, -0.25) is 19.8 Å². The lowest BCUT2D eigenvalue weighted by molar-refractivity contribution is 0.0238. The van der Waals surface area contributed by atoms with Crippen molar-refractivity contribution in [2.24, 2.45) is 57.3 Å². The molecule has 522 valence electrons. The van der Waals surface area contributed by atoms with Crippen LogP contribution in [0.1, 0.15) is 247 Å². The van der Waals surface area contributed by atoms with Crippen LogP contribution in [0.15, 0.2) is 9.98 Å². The smallest absolute Gasteiger partial charge is 0.0595 e. The molecule has 14 heteroatoms. The number of rotatable bonds is 8. The normalized spacial score (nSPS) is 20.8. The summed E-state index contributed by atoms with van der Waals surface area (Å²) in [6.07, 6.45) is 9.01. The molecule has 6 fully saturated rings. The molecule has 8 heterocycles. The van der Waals surface area contributed by atoms with Crippen molar-refractivity contribution >= 4 is 11.9 Å². The van der Waals surface area contributed by atoms with Gasteiger partial charge in [0.2, 0.25) is 0 Å². The molecule has 6 saturated heterocycles. The number of nitrogens with zero attached hydrogens (tertiary/aromatic N) is 4. The van der Waals surface area contributed by atoms with E-state index in [0.29, 0.717) is 30.1 Å². The number of morpholine rings is 1. The number of hydrogen-bond acceptors (Lipinski definition) is 14. The number of aliphatic imine (C=N–C) groups is 2. The van der Waals surface area contributed by atoms with Gasteiger partial charge in [0.05, 0.1) is 19.4 Å². The van der Waals surface area contributed by atoms with Crippen molar-refractivity contribution in [2.75, 3.05) is 131 Å². The zero-order valence-electron chi connectivity index (χ0n) is 63.0. The molecule has 0 saturated carbocycles. The molecular formula is C71H167N13O. The van der Waals surface area contributed by atoms with Crippen LogP contribution in [0.2, 0.25) is 0 Å². The molecule has 9 N–H and O–H groups in total. The second kappa shape index (κ2) is 77.1. The molecule has 85 heavy (non-hydrogen) atoms. The van der Waals surface area contributed by atoms with Gasteiger partial charge in [-0.2, -0.15) is 0 Å². The van der Waals surface area contributed by atoms with Gasteiger partial charge >= 0.3 is 0 Å². The van der Waals surface area contributed by atoms with Crippen molar-refractivity contribution in [1.29, 1.82) is 0 Å². The van der Waals surface area contributed by atoms with Gasteiger partial charge in [-0.15, -0.1) is 0 Å². The molecule has 14 nitrogen and oxygen atoms in total. The summed E-state index contributed by atoms with van der Waals surface area (Å²) < 4.78 is 5.21. The summed E-state index contributed by atoms with van der Waals surface area (Å²) in [7, 11) is 0. The first kappa shape index (κ1) is 100. The van der Waals surface area contributed by atoms with Crippen molar-refractivity contribution in [1.82, 2.24) is 57.7 Å². The highest BCUT2D eigenvalue weighted by Crippen LogP contribution is 2.17. The van der Waals surface area contributed by atoms with Crippen molar-refractivity contribution in [3.05, 3.63) is 0 Å². The Morgan fingerprint density at radius 2 is 0.941 bits per heavy atom. The molecule has 3 atom stereocenters. The Morgan fingerprint density at radius 3 is 1.20 bits per heavy atom. The fraction of sp³-hybridized carbons (Fsp3) is 0.972. The number of piperazine rings is 2. The number of hydrogen-bond donors (Lipinski definition) is 9. The number of nitrogens with one attached hydrogen (secondary N) is 9. The summed E-state index contributed by atoms with van der Waals surface area (Å²) in [5, 5.41) is 30.2. The lowest BCUT2D eigenvalue weighted by Crippen LogP contribution is -2.51. The van der Waals surface area contributed by atoms with Crippen molar-refractivity contribution < 1.29 is 4.74 Å². The topological polar surface area (TPSA) is 149 Å². The Bertz CT molecular complexity index is 1040. The fourth-order valence-corrected chi connectivity index (χ4v) is 9.00. The van der Waals surface area contributed by atoms with Crippen molar-refractivity contribution in [3.8, 4) is 0 Å². The maximum absolute atomic E-state index is 5.21. The molecule has 0 aromatic heterocycles. The summed E-state index contributed by atoms with van der Waals surface area (Å²) in [6, 6.07) is 2.85. The van der Waals surface area contributed by atoms with Crippen LogP contribution in [-0.2, 0) is 4.74 Å². The summed E-state index contributed by atoms with van der Waals surface area (Å²) in [4.78, 5) is 13.4. The van der Waals surface area contributed by atoms with E-state index in [1.54, 1.807) is 0 Å². The highest BCUT2D eigenvalue weighted by atomic mass is 16.5. The molecule has 3 unspecified atom stereocenters. The first-order valence-electron chi connectivity index (χ1n) is 36.0. The van der Waals surface area contributed by atoms with E-state index in [1.807, 2.05) is 96.9 Å². The van der Waals surface area contributed by atoms with Crippen LogP contribution in [0.25, 0.3) is 0 Å². The summed E-state index contributed by atoms with van der Waals surface area (Å²) in [5.41, 5.74) is 1.42. The van der Waals surface area contributed by atoms with Gasteiger partial charge in [-0.1, -0.05) is 187 Å². The lowest BCUT2D eigenvalue weighted by Gasteiger charge is -2.30. The zero-order valence-corrected chi connectivity index (χ0v) is 63.0. The summed E-state index contributed by atoms with van der Waals surface area (Å²) >= 11 is 0. The quantitative estimate of drug-likeness (QED) is 0.114. The minimum Gasteiger partial charge on any atom is -0.379 e. The van der Waals surface area contributed by atoms with Crippen LogP contribution < -0.4 is 47.9 Å². The van der Waals surface area contributed by atoms with Gasteiger partial charge in [0.25, 0.3) is 0 Å². The van der Waals surface area contributed by atoms with Gasteiger partial charge in [0.15, 0.2) is 0 Å². The minimum absolute atomic E-state index is 0. The van der Waals surface area contributed by atoms with Crippen LogP contribution >= 0.6 is 0 Å². The number of ether oxygens (including phenoxy) is 1. The van der Waals surface area contributed by atoms with E-state index in [1.165, 1.54) is 83.6 Å². The third-order valence-corrected chi connectivity index (χ3v) is 14.5. The van der Waals surface area contributed by atoms with Crippen LogP contribution in [0.3, 0.4) is 0 Å². The molecule has 8 aliphatic heterocycles. The second-order valence-electron chi connectivity index (χ2n) is 23.1. The van der Waals surface area contributed by atoms with Crippen LogP contribution in [0.4, 0.5) is 0 Å². The van der Waals surface area contributed by atoms with Crippen LogP contribution in [-0.4, -0.2) is 183 Å². The maximum atomic E-state index is 5.21. The van der Waals surface area contributed by atoms with E-state index in [2.05, 4.69) is 185 Å². The second-order valence-corrected chi connectivity index (χ2v) is 23.1. The van der Waals surface area contributed by atoms with Crippen molar-refractivity contribution in [3.63, 3.8) is 0 Å². The van der Waals surface area contributed by atoms with E-state index in [0.717, 1.165) is 133 Å². The standard InChI is InChI=1S/5C7H16N2.C7H15NO.2C7H13N.7C2H6.CH4/c1-6(2)7-3-8-5-9-4-7;1-7(2)9-5-3-8-4-6-9;1-6(2)7-5-8-3-4-9-7;1-6(2)7-3-4-8-5-9-7;1-6(2)7-8-4-3-5-9-7;1-7(2)8-3-5-9-6-4-8;1-6(2)7-3-4-8-5-7;1-6(2)7-4-3-5-8-7;7*1-2;/h6-9H,3-5H2,1-2H3;7-8H,3-6H2,1-2H3;3*6-9H,3-5H2,1-2H3;7H,3-6H2,1-2H3;5-7H,3-4H2,1-2H3;6H,3-5H2,1-2H3;7*1-2H3;1H4. The van der Waals surface area contributed by atoms with Gasteiger partial charge in [-0.25, -0.2) is 0 Å². The van der Waals surface area contributed by atoms with Gasteiger partial charge in [0.1, 0.15) is 0 Å². The van der Waals surface area contributed by atoms with Crippen LogP contribution in [0, 0.1) is 47.3 Å². The third-order valence-electron chi connectivity index (χ3n) is 14.5. The monoisotopic (exact) mass is 1220 g/mol. The van der Waals surface area contributed by atoms with E-state index >= 15 is 0 Å². The molecule has 8 aliphatic rings. The summed E-state index contributed by atoms with van der Waals surface area (Å²) in [5.74, 6) is 6.16. The Hall–Kier alpha value is -1.14. The summed E-state index contributed by atoms with van der Waals surface area (Å²) in [6.45, 7) is 86.2. The highest BCUT2D eigenvalue weighted by molar-refractivity contribution is 5.87. The predicted molar refractivity (Wildman–Crippen MR) is 393 cm³/mol. The zero-order chi connectivity index (χ0) is 66.1. The Kier molecular flexibility index (Phi) is 90.8. The Morgan fingerprint density at radius 1 is 0.435 bits per heavy atom. The van der Waals surface area contributed by atoms with E-state index in [9.17, 15) is 0 Å². The molecule has 0 spiro atoms. The fourth-order valence-electron chi connectivity index (χ4n) is 9.00. The van der Waals surface area contributed by atoms with E-state index in [4.69, 9.17) is 4.74 Å². The molecule has 0 bridgehead atoms. The predicted octanol–water partition coefficient (Wildman–Crippen LogP) is 14.2. The first-order valence-corrected chi connectivity index (χ1v) is 36.0. The SMILES string of the molecule is C.CC.CC.CC.CC.CC.CC.CC.CC(C)C1=NCCC1.CC(C)C1C=NCC1.CC(C)C1CCNCN1.CC(C)C1CNCCN1.CC(C)C1CNCNC1.CC(C)C1NCCCN1.CC(C)N1CCNCC1.CC(C)N1CCOCC1. The van der Waals surface area contributed by atoms with Crippen molar-refractivity contribution in [2.45, 2.75) is 278 Å². The Labute approximate surface area is 538 Å². The minimum atomic E-state index is 0. The average molecular weight is 1220 g/mol. The lowest BCUT2D eigenvalue weighted by atomic mass is 9.95. The highest BCUT2D eigenvalue weighted by Gasteiger charge is 2.18. The van der Waals surface area contributed by atoms with Crippen LogP contribution in [0.5, 0.6) is 0 Å². The third kappa shape index (κ3) is 62.8. The molecule has 0 amide bonds. The van der Waals surface area contributed by atoms with Gasteiger partial charge in [-0.05, 0) is 127 Å². The van der Waals surface area contributed by atoms with E-state index < -0.39 is 0 Å². The maximum Gasteiger partial charge on any atom is 0.0595 e. The largest absolute Gasteiger partial charge is 0.379 e.